The average molecular weight is 1140 g/mol. The molecule has 0 aromatic heterocycles. The van der Waals surface area contributed by atoms with Gasteiger partial charge in [0.2, 0.25) is 5.91 Å². The Morgan fingerprint density at radius 1 is 0.333 bits per heavy atom. The molecule has 0 aliphatic carbocycles. The van der Waals surface area contributed by atoms with E-state index in [-0.39, 0.29) is 18.5 Å². The summed E-state index contributed by atoms with van der Waals surface area (Å²) in [5.41, 5.74) is 0. The monoisotopic (exact) mass is 1140 g/mol. The van der Waals surface area contributed by atoms with Gasteiger partial charge in [-0.3, -0.25) is 9.59 Å². The molecule has 2 unspecified atom stereocenters. The zero-order valence-electron chi connectivity index (χ0n) is 55.3. The lowest BCUT2D eigenvalue weighted by atomic mass is 10.0. The quantitative estimate of drug-likeness (QED) is 0.0320. The van der Waals surface area contributed by atoms with Crippen LogP contribution in [-0.4, -0.2) is 47.4 Å². The number of carbonyl (C=O) groups excluding carboxylic acids is 2. The summed E-state index contributed by atoms with van der Waals surface area (Å²) >= 11 is 0. The van der Waals surface area contributed by atoms with Crippen LogP contribution in [0.5, 0.6) is 0 Å². The summed E-state index contributed by atoms with van der Waals surface area (Å²) in [7, 11) is 0. The molecule has 0 heterocycles. The summed E-state index contributed by atoms with van der Waals surface area (Å²) in [6.45, 7) is 5.00. The summed E-state index contributed by atoms with van der Waals surface area (Å²) in [4.78, 5) is 24.6. The zero-order valence-corrected chi connectivity index (χ0v) is 55.3. The lowest BCUT2D eigenvalue weighted by Gasteiger charge is -2.22. The molecule has 0 fully saturated rings. The maximum atomic E-state index is 12.6. The average Bonchev–Trinajstić information content (AvgIpc) is 3.47. The lowest BCUT2D eigenvalue weighted by molar-refractivity contribution is -0.143. The number of rotatable bonds is 71. The van der Waals surface area contributed by atoms with E-state index in [1.807, 2.05) is 0 Å². The third-order valence-electron chi connectivity index (χ3n) is 17.8. The second-order valence-electron chi connectivity index (χ2n) is 26.0. The molecule has 0 aliphatic rings. The molecular weight excluding hydrogens is 995 g/mol. The lowest BCUT2D eigenvalue weighted by Crippen LogP contribution is -2.45. The van der Waals surface area contributed by atoms with Gasteiger partial charge < -0.3 is 20.3 Å². The largest absolute Gasteiger partial charge is 0.466 e. The van der Waals surface area contributed by atoms with E-state index in [2.05, 4.69) is 31.3 Å². The van der Waals surface area contributed by atoms with Crippen molar-refractivity contribution in [1.82, 2.24) is 5.32 Å². The standard InChI is InChI=1S/C75H147NO5/c1-3-5-7-9-11-13-15-17-19-20-21-22-23-24-27-30-33-36-40-43-47-51-55-59-63-67-73(78)72(71-77)76-74(79)68-64-60-56-52-48-44-41-37-34-31-28-25-26-29-32-35-38-42-46-50-54-58-62-66-70-81-75(80)69-65-61-57-53-49-45-39-18-16-14-12-10-8-6-4-2/h28,31,72-73,77-78H,3-27,29-30,32-71H2,1-2H3,(H,76,79)/b31-28-. The number of allylic oxidation sites excluding steroid dienone is 2. The van der Waals surface area contributed by atoms with Crippen LogP contribution in [0.1, 0.15) is 431 Å². The molecule has 3 N–H and O–H groups in total. The van der Waals surface area contributed by atoms with Gasteiger partial charge in [-0.1, -0.05) is 379 Å². The van der Waals surface area contributed by atoms with Crippen LogP contribution in [0.3, 0.4) is 0 Å². The first-order valence-electron chi connectivity index (χ1n) is 37.4. The number of amides is 1. The number of ether oxygens (including phenoxy) is 1. The highest BCUT2D eigenvalue weighted by Gasteiger charge is 2.20. The van der Waals surface area contributed by atoms with E-state index in [0.717, 1.165) is 38.5 Å². The topological polar surface area (TPSA) is 95.9 Å². The number of unbranched alkanes of at least 4 members (excludes halogenated alkanes) is 58. The van der Waals surface area contributed by atoms with Gasteiger partial charge in [0, 0.05) is 12.8 Å². The maximum absolute atomic E-state index is 12.6. The number of hydrogen-bond donors (Lipinski definition) is 3. The summed E-state index contributed by atoms with van der Waals surface area (Å²) in [6.07, 6.45) is 88.4. The Labute approximate surface area is 508 Å². The number of nitrogens with one attached hydrogen (secondary N) is 1. The maximum Gasteiger partial charge on any atom is 0.305 e. The van der Waals surface area contributed by atoms with Crippen molar-refractivity contribution in [3.05, 3.63) is 12.2 Å². The molecule has 0 aliphatic heterocycles. The van der Waals surface area contributed by atoms with Crippen molar-refractivity contribution in [1.29, 1.82) is 0 Å². The van der Waals surface area contributed by atoms with Gasteiger partial charge in [-0.05, 0) is 51.4 Å². The first-order valence-corrected chi connectivity index (χ1v) is 37.4. The minimum Gasteiger partial charge on any atom is -0.466 e. The Bertz CT molecular complexity index is 1220. The zero-order chi connectivity index (χ0) is 58.5. The van der Waals surface area contributed by atoms with Gasteiger partial charge in [-0.2, -0.15) is 0 Å². The molecule has 2 atom stereocenters. The van der Waals surface area contributed by atoms with E-state index in [1.54, 1.807) is 0 Å². The van der Waals surface area contributed by atoms with Gasteiger partial charge in [0.1, 0.15) is 0 Å². The first-order chi connectivity index (χ1) is 40.0. The summed E-state index contributed by atoms with van der Waals surface area (Å²) < 4.78 is 5.50. The van der Waals surface area contributed by atoms with Crippen molar-refractivity contribution in [2.24, 2.45) is 0 Å². The van der Waals surface area contributed by atoms with Crippen LogP contribution in [0.2, 0.25) is 0 Å². The molecule has 0 rings (SSSR count). The normalized spacial score (nSPS) is 12.5. The predicted molar refractivity (Wildman–Crippen MR) is 357 cm³/mol. The van der Waals surface area contributed by atoms with E-state index in [0.29, 0.717) is 25.9 Å². The van der Waals surface area contributed by atoms with Crippen molar-refractivity contribution in [2.45, 2.75) is 443 Å². The molecule has 6 heteroatoms. The highest BCUT2D eigenvalue weighted by molar-refractivity contribution is 5.76. The first kappa shape index (κ1) is 79.6. The van der Waals surface area contributed by atoms with Gasteiger partial charge >= 0.3 is 5.97 Å². The number of hydrogen-bond acceptors (Lipinski definition) is 5. The van der Waals surface area contributed by atoms with Crippen molar-refractivity contribution in [3.63, 3.8) is 0 Å². The Balaban J connectivity index is 3.39. The predicted octanol–water partition coefficient (Wildman–Crippen LogP) is 24.3. The van der Waals surface area contributed by atoms with E-state index in [9.17, 15) is 19.8 Å². The van der Waals surface area contributed by atoms with Gasteiger partial charge in [0.05, 0.1) is 25.4 Å². The minimum absolute atomic E-state index is 0.0168. The van der Waals surface area contributed by atoms with Crippen LogP contribution in [0, 0.1) is 0 Å². The molecule has 0 aromatic rings. The van der Waals surface area contributed by atoms with Crippen LogP contribution in [0.15, 0.2) is 12.2 Å². The Kier molecular flexibility index (Phi) is 69.9. The van der Waals surface area contributed by atoms with Gasteiger partial charge in [0.15, 0.2) is 0 Å². The second-order valence-corrected chi connectivity index (χ2v) is 26.0. The molecule has 1 amide bonds. The van der Waals surface area contributed by atoms with Crippen molar-refractivity contribution < 1.29 is 24.5 Å². The Hall–Kier alpha value is -1.40. The summed E-state index contributed by atoms with van der Waals surface area (Å²) in [5.74, 6) is -0.0169. The van der Waals surface area contributed by atoms with Crippen molar-refractivity contribution in [3.8, 4) is 0 Å². The molecule has 0 bridgehead atoms. The molecule has 0 aromatic carbocycles. The van der Waals surface area contributed by atoms with Crippen LogP contribution in [0.25, 0.3) is 0 Å². The smallest absolute Gasteiger partial charge is 0.305 e. The Morgan fingerprint density at radius 3 is 0.877 bits per heavy atom. The molecule has 0 radical (unpaired) electrons. The van der Waals surface area contributed by atoms with Crippen molar-refractivity contribution in [2.75, 3.05) is 13.2 Å². The molecule has 0 saturated heterocycles. The summed E-state index contributed by atoms with van der Waals surface area (Å²) in [6, 6.07) is -0.546. The van der Waals surface area contributed by atoms with E-state index < -0.39 is 12.1 Å². The van der Waals surface area contributed by atoms with Crippen LogP contribution in [0.4, 0.5) is 0 Å². The molecule has 81 heavy (non-hydrogen) atoms. The number of aliphatic hydroxyl groups excluding tert-OH is 2. The summed E-state index contributed by atoms with van der Waals surface area (Å²) in [5, 5.41) is 23.5. The highest BCUT2D eigenvalue weighted by atomic mass is 16.5. The van der Waals surface area contributed by atoms with E-state index in [1.165, 1.54) is 360 Å². The van der Waals surface area contributed by atoms with Gasteiger partial charge in [-0.25, -0.2) is 0 Å². The SMILES string of the molecule is CCCCCCCCCCCCCCCCCCCCCCCCCCCC(O)C(CO)NC(=O)CCCCCCCCCC/C=C\CCCCCCCCCCCCCCOC(=O)CCCCCCCCCCCCCCCCC. The molecule has 0 saturated carbocycles. The highest BCUT2D eigenvalue weighted by Crippen LogP contribution is 2.20. The number of aliphatic hydroxyl groups is 2. The fraction of sp³-hybridized carbons (Fsp3) is 0.947. The van der Waals surface area contributed by atoms with Crippen molar-refractivity contribution >= 4 is 11.9 Å². The fourth-order valence-corrected chi connectivity index (χ4v) is 12.1. The van der Waals surface area contributed by atoms with Crippen LogP contribution >= 0.6 is 0 Å². The minimum atomic E-state index is -0.668. The Morgan fingerprint density at radius 2 is 0.580 bits per heavy atom. The second kappa shape index (κ2) is 71.1. The molecule has 0 spiro atoms. The number of carbonyl (C=O) groups is 2. The third-order valence-corrected chi connectivity index (χ3v) is 17.8. The van der Waals surface area contributed by atoms with E-state index >= 15 is 0 Å². The fourth-order valence-electron chi connectivity index (χ4n) is 12.1. The van der Waals surface area contributed by atoms with Crippen LogP contribution < -0.4 is 5.32 Å². The van der Waals surface area contributed by atoms with Gasteiger partial charge in [0.25, 0.3) is 0 Å². The van der Waals surface area contributed by atoms with Gasteiger partial charge in [-0.15, -0.1) is 0 Å². The van der Waals surface area contributed by atoms with Crippen LogP contribution in [-0.2, 0) is 14.3 Å². The van der Waals surface area contributed by atoms with E-state index in [4.69, 9.17) is 4.74 Å². The molecule has 482 valence electrons. The number of esters is 1. The third kappa shape index (κ3) is 67.6. The molecule has 6 nitrogen and oxygen atoms in total. The molecular formula is C75H147NO5.